The summed E-state index contributed by atoms with van der Waals surface area (Å²) < 4.78 is 0. The van der Waals surface area contributed by atoms with Crippen LogP contribution >= 0.6 is 11.6 Å². The zero-order valence-electron chi connectivity index (χ0n) is 9.04. The maximum absolute atomic E-state index is 5.97. The SMILES string of the molecule is CN(Cc1ccc(N)c(Cl)c1)CC1CC1. The summed E-state index contributed by atoms with van der Waals surface area (Å²) in [5.74, 6) is 0.930. The molecule has 3 heteroatoms. The number of nitrogens with zero attached hydrogens (tertiary/aromatic N) is 1. The average Bonchev–Trinajstić information content (AvgIpc) is 2.95. The number of anilines is 1. The van der Waals surface area contributed by atoms with Gasteiger partial charge in [0, 0.05) is 13.1 Å². The van der Waals surface area contributed by atoms with Gasteiger partial charge in [0.15, 0.2) is 0 Å². The molecule has 2 N–H and O–H groups in total. The van der Waals surface area contributed by atoms with Gasteiger partial charge in [-0.3, -0.25) is 0 Å². The van der Waals surface area contributed by atoms with E-state index in [1.165, 1.54) is 24.9 Å². The molecule has 0 saturated heterocycles. The van der Waals surface area contributed by atoms with Gasteiger partial charge in [-0.05, 0) is 43.5 Å². The Morgan fingerprint density at radius 1 is 1.47 bits per heavy atom. The summed E-state index contributed by atoms with van der Waals surface area (Å²) in [6.07, 6.45) is 2.79. The van der Waals surface area contributed by atoms with Crippen LogP contribution in [0.4, 0.5) is 5.69 Å². The molecular weight excluding hydrogens is 208 g/mol. The van der Waals surface area contributed by atoms with Crippen LogP contribution in [0.15, 0.2) is 18.2 Å². The first kappa shape index (κ1) is 10.8. The van der Waals surface area contributed by atoms with Crippen LogP contribution in [0.25, 0.3) is 0 Å². The van der Waals surface area contributed by atoms with Gasteiger partial charge in [0.05, 0.1) is 10.7 Å². The zero-order chi connectivity index (χ0) is 10.8. The molecule has 82 valence electrons. The van der Waals surface area contributed by atoms with Crippen LogP contribution in [0.1, 0.15) is 18.4 Å². The normalized spacial score (nSPS) is 15.9. The first-order valence-electron chi connectivity index (χ1n) is 5.37. The molecule has 2 nitrogen and oxygen atoms in total. The number of nitrogen functional groups attached to an aromatic ring is 1. The summed E-state index contributed by atoms with van der Waals surface area (Å²) in [5.41, 5.74) is 7.56. The number of nitrogens with two attached hydrogens (primary N) is 1. The van der Waals surface area contributed by atoms with E-state index >= 15 is 0 Å². The van der Waals surface area contributed by atoms with Crippen LogP contribution in [-0.4, -0.2) is 18.5 Å². The van der Waals surface area contributed by atoms with Gasteiger partial charge in [-0.2, -0.15) is 0 Å². The number of hydrogen-bond donors (Lipinski definition) is 1. The molecule has 0 heterocycles. The van der Waals surface area contributed by atoms with E-state index in [9.17, 15) is 0 Å². The molecule has 1 fully saturated rings. The zero-order valence-corrected chi connectivity index (χ0v) is 9.80. The topological polar surface area (TPSA) is 29.3 Å². The molecule has 0 spiro atoms. The fraction of sp³-hybridized carbons (Fsp3) is 0.500. The Morgan fingerprint density at radius 2 is 2.20 bits per heavy atom. The maximum atomic E-state index is 5.97. The van der Waals surface area contributed by atoms with Crippen molar-refractivity contribution in [3.63, 3.8) is 0 Å². The number of halogens is 1. The fourth-order valence-electron chi connectivity index (χ4n) is 1.79. The molecule has 1 aliphatic carbocycles. The summed E-state index contributed by atoms with van der Waals surface area (Å²) in [7, 11) is 2.16. The van der Waals surface area contributed by atoms with E-state index in [0.29, 0.717) is 10.7 Å². The number of rotatable bonds is 4. The standard InChI is InChI=1S/C12H17ClN2/c1-15(7-9-2-3-9)8-10-4-5-12(14)11(13)6-10/h4-6,9H,2-3,7-8,14H2,1H3. The highest BCUT2D eigenvalue weighted by Crippen LogP contribution is 2.30. The van der Waals surface area contributed by atoms with Crippen LogP contribution in [0.5, 0.6) is 0 Å². The molecule has 0 aromatic heterocycles. The quantitative estimate of drug-likeness (QED) is 0.797. The van der Waals surface area contributed by atoms with Crippen LogP contribution in [-0.2, 0) is 6.54 Å². The molecule has 2 rings (SSSR count). The lowest BCUT2D eigenvalue weighted by atomic mass is 10.2. The van der Waals surface area contributed by atoms with Crippen LogP contribution in [0, 0.1) is 5.92 Å². The third kappa shape index (κ3) is 3.11. The van der Waals surface area contributed by atoms with Gasteiger partial charge < -0.3 is 10.6 Å². The van der Waals surface area contributed by atoms with Crippen molar-refractivity contribution < 1.29 is 0 Å². The molecule has 0 amide bonds. The van der Waals surface area contributed by atoms with Crippen molar-refractivity contribution in [1.82, 2.24) is 4.90 Å². The minimum absolute atomic E-state index is 0.658. The van der Waals surface area contributed by atoms with E-state index < -0.39 is 0 Å². The van der Waals surface area contributed by atoms with E-state index in [0.717, 1.165) is 12.5 Å². The molecule has 15 heavy (non-hydrogen) atoms. The van der Waals surface area contributed by atoms with Crippen molar-refractivity contribution in [1.29, 1.82) is 0 Å². The van der Waals surface area contributed by atoms with Crippen molar-refractivity contribution >= 4 is 17.3 Å². The van der Waals surface area contributed by atoms with E-state index in [-0.39, 0.29) is 0 Å². The van der Waals surface area contributed by atoms with Crippen LogP contribution in [0.2, 0.25) is 5.02 Å². The highest BCUT2D eigenvalue weighted by Gasteiger charge is 2.22. The smallest absolute Gasteiger partial charge is 0.0638 e. The lowest BCUT2D eigenvalue weighted by Gasteiger charge is -2.16. The molecule has 1 aliphatic rings. The Hall–Kier alpha value is -0.730. The summed E-state index contributed by atoms with van der Waals surface area (Å²) in [6, 6.07) is 5.88. The molecule has 0 aliphatic heterocycles. The Balaban J connectivity index is 1.93. The third-order valence-corrected chi connectivity index (χ3v) is 3.11. The molecule has 1 saturated carbocycles. The monoisotopic (exact) mass is 224 g/mol. The Morgan fingerprint density at radius 3 is 2.80 bits per heavy atom. The second-order valence-electron chi connectivity index (χ2n) is 4.50. The van der Waals surface area contributed by atoms with Gasteiger partial charge in [0.2, 0.25) is 0 Å². The van der Waals surface area contributed by atoms with Gasteiger partial charge in [-0.15, -0.1) is 0 Å². The Kier molecular flexibility index (Phi) is 3.17. The maximum Gasteiger partial charge on any atom is 0.0638 e. The van der Waals surface area contributed by atoms with Crippen molar-refractivity contribution in [2.24, 2.45) is 5.92 Å². The highest BCUT2D eigenvalue weighted by molar-refractivity contribution is 6.33. The summed E-state index contributed by atoms with van der Waals surface area (Å²) >= 11 is 5.97. The van der Waals surface area contributed by atoms with Gasteiger partial charge >= 0.3 is 0 Å². The van der Waals surface area contributed by atoms with Crippen molar-refractivity contribution in [3.05, 3.63) is 28.8 Å². The van der Waals surface area contributed by atoms with Crippen molar-refractivity contribution in [2.75, 3.05) is 19.3 Å². The first-order chi connectivity index (χ1) is 7.15. The van der Waals surface area contributed by atoms with Crippen molar-refractivity contribution in [3.8, 4) is 0 Å². The number of benzene rings is 1. The second-order valence-corrected chi connectivity index (χ2v) is 4.90. The number of hydrogen-bond acceptors (Lipinski definition) is 2. The Labute approximate surface area is 96.0 Å². The van der Waals surface area contributed by atoms with Crippen molar-refractivity contribution in [2.45, 2.75) is 19.4 Å². The van der Waals surface area contributed by atoms with Crippen LogP contribution in [0.3, 0.4) is 0 Å². The second kappa shape index (κ2) is 4.42. The lowest BCUT2D eigenvalue weighted by Crippen LogP contribution is -2.20. The summed E-state index contributed by atoms with van der Waals surface area (Å²) in [6.45, 7) is 2.15. The van der Waals surface area contributed by atoms with Gasteiger partial charge in [0.25, 0.3) is 0 Å². The predicted molar refractivity (Wildman–Crippen MR) is 64.9 cm³/mol. The van der Waals surface area contributed by atoms with E-state index in [2.05, 4.69) is 11.9 Å². The van der Waals surface area contributed by atoms with Gasteiger partial charge in [0.1, 0.15) is 0 Å². The predicted octanol–water partition coefficient (Wildman–Crippen LogP) is 2.76. The Bertz CT molecular complexity index is 347. The molecule has 1 aromatic rings. The minimum atomic E-state index is 0.658. The molecule has 1 aromatic carbocycles. The minimum Gasteiger partial charge on any atom is -0.398 e. The summed E-state index contributed by atoms with van der Waals surface area (Å²) in [4.78, 5) is 2.35. The fourth-order valence-corrected chi connectivity index (χ4v) is 1.99. The van der Waals surface area contributed by atoms with E-state index in [1.54, 1.807) is 0 Å². The first-order valence-corrected chi connectivity index (χ1v) is 5.75. The van der Waals surface area contributed by atoms with Gasteiger partial charge in [-0.25, -0.2) is 0 Å². The third-order valence-electron chi connectivity index (χ3n) is 2.78. The molecule has 0 atom stereocenters. The van der Waals surface area contributed by atoms with Gasteiger partial charge in [-0.1, -0.05) is 17.7 Å². The van der Waals surface area contributed by atoms with E-state index in [1.807, 2.05) is 18.2 Å². The average molecular weight is 225 g/mol. The molecule has 0 bridgehead atoms. The van der Waals surface area contributed by atoms with Crippen LogP contribution < -0.4 is 5.73 Å². The molecular formula is C12H17ClN2. The summed E-state index contributed by atoms with van der Waals surface area (Å²) in [5, 5.41) is 0.660. The molecule has 0 unspecified atom stereocenters. The lowest BCUT2D eigenvalue weighted by molar-refractivity contribution is 0.313. The molecule has 0 radical (unpaired) electrons. The van der Waals surface area contributed by atoms with E-state index in [4.69, 9.17) is 17.3 Å². The highest BCUT2D eigenvalue weighted by atomic mass is 35.5. The largest absolute Gasteiger partial charge is 0.398 e.